The Kier molecular flexibility index (Phi) is 9.05. The van der Waals surface area contributed by atoms with Gasteiger partial charge in [-0.3, -0.25) is 0 Å². The summed E-state index contributed by atoms with van der Waals surface area (Å²) in [5.74, 6) is -56.8. The second kappa shape index (κ2) is 9.76. The molecule has 1 aromatic carbocycles. The average Bonchev–Trinajstić information content (AvgIpc) is 2.70. The van der Waals surface area contributed by atoms with E-state index < -0.39 is 66.1 Å². The Morgan fingerprint density at radius 2 is 0.737 bits per heavy atom. The second-order valence-electron chi connectivity index (χ2n) is 6.66. The Balaban J connectivity index is 0.00000249. The van der Waals surface area contributed by atoms with E-state index in [-0.39, 0.29) is 24.3 Å². The van der Waals surface area contributed by atoms with Gasteiger partial charge in [-0.2, -0.15) is 74.6 Å². The lowest BCUT2D eigenvalue weighted by molar-refractivity contribution is -0.462. The fourth-order valence-corrected chi connectivity index (χ4v) is 2.08. The van der Waals surface area contributed by atoms with Gasteiger partial charge in [-0.15, -0.1) is 0 Å². The second-order valence-corrected chi connectivity index (χ2v) is 6.66. The first-order chi connectivity index (χ1) is 16.3. The molecule has 2 nitrogen and oxygen atoms in total. The number of benzene rings is 1. The van der Waals surface area contributed by atoms with Crippen molar-refractivity contribution < 1.29 is 91.9 Å². The summed E-state index contributed by atoms with van der Waals surface area (Å²) in [6.07, 6.45) is -7.79. The van der Waals surface area contributed by atoms with Crippen LogP contribution in [0.4, 0.5) is 97.6 Å². The summed E-state index contributed by atoms with van der Waals surface area (Å²) in [6.45, 7) is 0. The third kappa shape index (κ3) is 5.64. The molecule has 0 amide bonds. The highest BCUT2D eigenvalue weighted by Gasteiger charge is 2.95. The molecule has 0 aliphatic carbocycles. The zero-order valence-corrected chi connectivity index (χ0v) is 16.7. The van der Waals surface area contributed by atoms with Crippen molar-refractivity contribution in [3.63, 3.8) is 0 Å². The summed E-state index contributed by atoms with van der Waals surface area (Å²) in [5, 5.41) is 8.29. The lowest BCUT2D eigenvalue weighted by Gasteiger charge is -2.42. The molecule has 0 unspecified atom stereocenters. The Morgan fingerprint density at radius 1 is 0.474 bits per heavy atom. The topological polar surface area (TPSA) is 28.1 Å². The first-order valence-electron chi connectivity index (χ1n) is 8.33. The monoisotopic (exact) mass is 610 g/mol. The smallest absolute Gasteiger partial charge is 0.418 e. The Morgan fingerprint density at radius 3 is 1.00 bits per heavy atom. The van der Waals surface area contributed by atoms with Gasteiger partial charge >= 0.3 is 60.6 Å². The number of alkyl halides is 17. The lowest BCUT2D eigenvalue weighted by atomic mass is 9.87. The summed E-state index contributed by atoms with van der Waals surface area (Å²) >= 11 is 0. The van der Waals surface area contributed by atoms with E-state index in [1.165, 1.54) is 0 Å². The minimum atomic E-state index is -8.67. The van der Waals surface area contributed by atoms with Crippen LogP contribution in [0.3, 0.4) is 0 Å². The van der Waals surface area contributed by atoms with Gasteiger partial charge < -0.3 is 17.3 Å². The molecule has 0 aromatic heterocycles. The molecule has 24 heteroatoms. The quantitative estimate of drug-likeness (QED) is 0.172. The molecular weight excluding hydrogens is 606 g/mol. The van der Waals surface area contributed by atoms with Crippen LogP contribution in [0.15, 0.2) is 24.3 Å². The largest absolute Gasteiger partial charge is 0.673 e. The number of hydrogen-bond acceptors (Lipinski definition) is 1. The molecule has 0 aliphatic heterocycles. The van der Waals surface area contributed by atoms with Crippen molar-refractivity contribution in [1.82, 2.24) is 0 Å². The van der Waals surface area contributed by atoms with Gasteiger partial charge in [0, 0.05) is 17.7 Å². The number of diazo groups is 1. The molecule has 220 valence electrons. The van der Waals surface area contributed by atoms with Crippen molar-refractivity contribution >= 4 is 12.9 Å². The van der Waals surface area contributed by atoms with Crippen LogP contribution >= 0.6 is 0 Å². The number of halogens is 21. The van der Waals surface area contributed by atoms with E-state index in [9.17, 15) is 91.9 Å². The first kappa shape index (κ1) is 35.2. The van der Waals surface area contributed by atoms with E-state index in [2.05, 4.69) is 4.98 Å². The van der Waals surface area contributed by atoms with E-state index >= 15 is 0 Å². The molecule has 0 fully saturated rings. The predicted octanol–water partition coefficient (Wildman–Crippen LogP) is 8.94. The van der Waals surface area contributed by atoms with E-state index in [1.807, 2.05) is 0 Å². The maximum Gasteiger partial charge on any atom is 0.673 e. The third-order valence-corrected chi connectivity index (χ3v) is 4.07. The molecule has 0 N–H and O–H groups in total. The summed E-state index contributed by atoms with van der Waals surface area (Å²) in [6, 6.07) is -0.242. The molecule has 1 rings (SSSR count). The van der Waals surface area contributed by atoms with E-state index in [0.29, 0.717) is 0 Å². The fourth-order valence-electron chi connectivity index (χ4n) is 2.08. The maximum atomic E-state index is 13.9. The van der Waals surface area contributed by atoms with Gasteiger partial charge in [0.1, 0.15) is 0 Å². The number of rotatable bonds is 7. The lowest BCUT2D eigenvalue weighted by Crippen LogP contribution is -2.74. The van der Waals surface area contributed by atoms with E-state index in [1.54, 1.807) is 0 Å². The zero-order chi connectivity index (χ0) is 31.2. The van der Waals surface area contributed by atoms with Crippen molar-refractivity contribution in [2.75, 3.05) is 0 Å². The Bertz CT molecular complexity index is 995. The van der Waals surface area contributed by atoms with Gasteiger partial charge in [0.25, 0.3) is 0 Å². The molecule has 0 bridgehead atoms. The SMILES string of the molecule is F[B-](F)(F)F.N#[N+]c1ccc(C(F)(F)C(F)(F)C(F)(F)C(F)(F)C(F)(F)C(F)(F)C(F)(F)C(F)(F)F)cc1. The molecule has 0 radical (unpaired) electrons. The van der Waals surface area contributed by atoms with E-state index in [4.69, 9.17) is 5.39 Å². The zero-order valence-electron chi connectivity index (χ0n) is 16.7. The Labute approximate surface area is 194 Å². The third-order valence-electron chi connectivity index (χ3n) is 4.07. The molecule has 38 heavy (non-hydrogen) atoms. The molecule has 0 saturated carbocycles. The van der Waals surface area contributed by atoms with Gasteiger partial charge in [-0.25, -0.2) is 0 Å². The predicted molar refractivity (Wildman–Crippen MR) is 81.0 cm³/mol. The summed E-state index contributed by atoms with van der Waals surface area (Å²) in [4.78, 5) is 2.30. The summed E-state index contributed by atoms with van der Waals surface area (Å²) in [7, 11) is -6.00. The van der Waals surface area contributed by atoms with Crippen LogP contribution in [0.1, 0.15) is 5.56 Å². The number of hydrogen-bond donors (Lipinski definition) is 0. The summed E-state index contributed by atoms with van der Waals surface area (Å²) < 4.78 is 263. The van der Waals surface area contributed by atoms with Crippen molar-refractivity contribution in [2.45, 2.75) is 47.6 Å². The number of nitrogens with zero attached hydrogens (tertiary/aromatic N) is 2. The van der Waals surface area contributed by atoms with Gasteiger partial charge in [0.05, 0.1) is 0 Å². The summed E-state index contributed by atoms with van der Waals surface area (Å²) in [5.41, 5.74) is -3.11. The van der Waals surface area contributed by atoms with Crippen LogP contribution in [-0.2, 0) is 5.92 Å². The van der Waals surface area contributed by atoms with Crippen LogP contribution < -0.4 is 0 Å². The van der Waals surface area contributed by atoms with Crippen molar-refractivity contribution in [2.24, 2.45) is 0 Å². The minimum absolute atomic E-state index is 0.169. The van der Waals surface area contributed by atoms with Crippen LogP contribution in [0.25, 0.3) is 4.98 Å². The molecule has 0 atom stereocenters. The van der Waals surface area contributed by atoms with Gasteiger partial charge in [0.15, 0.2) is 4.98 Å². The van der Waals surface area contributed by atoms with Crippen LogP contribution in [0, 0.1) is 5.39 Å². The maximum absolute atomic E-state index is 13.9. The highest BCUT2D eigenvalue weighted by Crippen LogP contribution is 2.65. The highest BCUT2D eigenvalue weighted by atomic mass is 19.5. The molecule has 0 spiro atoms. The first-order valence-corrected chi connectivity index (χ1v) is 8.33. The Hall–Kier alpha value is -2.77. The van der Waals surface area contributed by atoms with Crippen molar-refractivity contribution in [3.05, 3.63) is 34.8 Å². The van der Waals surface area contributed by atoms with Crippen molar-refractivity contribution in [3.8, 4) is 0 Å². The highest BCUT2D eigenvalue weighted by molar-refractivity contribution is 6.50. The molecular formula is C14H4BF21N2. The van der Waals surface area contributed by atoms with Crippen LogP contribution in [0.5, 0.6) is 0 Å². The molecule has 0 aliphatic rings. The van der Waals surface area contributed by atoms with Crippen molar-refractivity contribution in [1.29, 1.82) is 5.39 Å². The normalized spacial score (nSPS) is 14.9. The van der Waals surface area contributed by atoms with Crippen LogP contribution in [-0.4, -0.2) is 49.0 Å². The average molecular weight is 610 g/mol. The fraction of sp³-hybridized carbons (Fsp3) is 0.571. The van der Waals surface area contributed by atoms with E-state index in [0.717, 1.165) is 0 Å². The molecule has 0 heterocycles. The molecule has 1 aromatic rings. The van der Waals surface area contributed by atoms with Gasteiger partial charge in [-0.1, -0.05) is 0 Å². The minimum Gasteiger partial charge on any atom is -0.418 e. The van der Waals surface area contributed by atoms with Gasteiger partial charge in [0.2, 0.25) is 5.39 Å². The molecule has 0 saturated heterocycles. The standard InChI is InChI=1S/C14H4F17N2.BF4/c15-7(16,5-1-3-6(33-32)4-2-5)8(17,18)9(19,20)10(21,22)11(23,24)12(25,26)13(27,28)14(29,30)31;2-1(3,4)5/h1-4H;/q+1;-1. The van der Waals surface area contributed by atoms with Gasteiger partial charge in [-0.05, 0) is 12.1 Å². The van der Waals surface area contributed by atoms with Crippen LogP contribution in [0.2, 0.25) is 0 Å².